The van der Waals surface area contributed by atoms with Crippen molar-refractivity contribution in [3.8, 4) is 5.75 Å². The highest BCUT2D eigenvalue weighted by atomic mass is 32.1. The van der Waals surface area contributed by atoms with Gasteiger partial charge in [-0.1, -0.05) is 12.2 Å². The molecule has 0 amide bonds. The second kappa shape index (κ2) is 5.40. The second-order valence-electron chi connectivity index (χ2n) is 4.43. The van der Waals surface area contributed by atoms with E-state index in [2.05, 4.69) is 9.55 Å². The minimum atomic E-state index is 0.391. The van der Waals surface area contributed by atoms with Crippen molar-refractivity contribution in [1.29, 1.82) is 0 Å². The first kappa shape index (κ1) is 13.5. The van der Waals surface area contributed by atoms with Crippen LogP contribution in [-0.4, -0.2) is 21.6 Å². The smallest absolute Gasteiger partial charge is 0.123 e. The maximum absolute atomic E-state index is 5.67. The van der Waals surface area contributed by atoms with Crippen molar-refractivity contribution in [3.63, 3.8) is 0 Å². The van der Waals surface area contributed by atoms with Gasteiger partial charge in [0.05, 0.1) is 25.7 Å². The van der Waals surface area contributed by atoms with Gasteiger partial charge >= 0.3 is 0 Å². The first-order valence-corrected chi connectivity index (χ1v) is 6.38. The summed E-state index contributed by atoms with van der Waals surface area (Å²) in [6.07, 6.45) is 1.83. The Kier molecular flexibility index (Phi) is 3.85. The van der Waals surface area contributed by atoms with Crippen LogP contribution in [0.3, 0.4) is 0 Å². The van der Waals surface area contributed by atoms with Crippen molar-refractivity contribution < 1.29 is 4.74 Å². The van der Waals surface area contributed by atoms with Gasteiger partial charge in [0.2, 0.25) is 0 Å². The summed E-state index contributed by atoms with van der Waals surface area (Å²) < 4.78 is 7.46. The maximum Gasteiger partial charge on any atom is 0.123 e. The van der Waals surface area contributed by atoms with E-state index in [0.717, 1.165) is 28.3 Å². The van der Waals surface area contributed by atoms with E-state index in [0.29, 0.717) is 11.5 Å². The summed E-state index contributed by atoms with van der Waals surface area (Å²) in [4.78, 5) is 4.69. The molecule has 0 radical (unpaired) electrons. The summed E-state index contributed by atoms with van der Waals surface area (Å²) in [5.41, 5.74) is 9.73. The van der Waals surface area contributed by atoms with E-state index in [1.54, 1.807) is 7.11 Å². The molecule has 1 heterocycles. The Hall–Kier alpha value is -1.88. The summed E-state index contributed by atoms with van der Waals surface area (Å²) in [6, 6.07) is 5.73. The Bertz CT molecular complexity index is 619. The van der Waals surface area contributed by atoms with E-state index >= 15 is 0 Å². The van der Waals surface area contributed by atoms with Crippen molar-refractivity contribution in [2.45, 2.75) is 20.4 Å². The Morgan fingerprint density at radius 1 is 1.42 bits per heavy atom. The van der Waals surface area contributed by atoms with Crippen molar-refractivity contribution in [2.24, 2.45) is 5.73 Å². The maximum atomic E-state index is 5.67. The lowest BCUT2D eigenvalue weighted by Gasteiger charge is -2.12. The molecule has 1 aromatic carbocycles. The van der Waals surface area contributed by atoms with Crippen LogP contribution >= 0.6 is 12.2 Å². The van der Waals surface area contributed by atoms with Crippen LogP contribution in [0.4, 0.5) is 0 Å². The first-order valence-electron chi connectivity index (χ1n) is 5.98. The highest BCUT2D eigenvalue weighted by Crippen LogP contribution is 2.22. The molecule has 0 aliphatic rings. The number of rotatable bonds is 4. The predicted molar refractivity (Wildman–Crippen MR) is 79.7 cm³/mol. The summed E-state index contributed by atoms with van der Waals surface area (Å²) in [7, 11) is 1.66. The molecule has 0 fully saturated rings. The Labute approximate surface area is 118 Å². The Morgan fingerprint density at radius 3 is 2.68 bits per heavy atom. The van der Waals surface area contributed by atoms with Gasteiger partial charge in [-0.15, -0.1) is 0 Å². The average molecular weight is 275 g/mol. The van der Waals surface area contributed by atoms with Crippen LogP contribution in [0.5, 0.6) is 5.75 Å². The molecule has 0 bridgehead atoms. The van der Waals surface area contributed by atoms with Crippen LogP contribution in [0.15, 0.2) is 24.5 Å². The van der Waals surface area contributed by atoms with Gasteiger partial charge in [0, 0.05) is 16.8 Å². The number of imidazole rings is 1. The molecule has 0 aliphatic carbocycles. The van der Waals surface area contributed by atoms with Crippen molar-refractivity contribution >= 4 is 17.2 Å². The molecule has 4 nitrogen and oxygen atoms in total. The van der Waals surface area contributed by atoms with Gasteiger partial charge in [0.1, 0.15) is 10.7 Å². The topological polar surface area (TPSA) is 53.1 Å². The molecule has 0 aliphatic heterocycles. The fourth-order valence-electron chi connectivity index (χ4n) is 1.94. The molecule has 0 unspecified atom stereocenters. The SMILES string of the molecule is COc1ccc(C(N)=S)cc1Cn1cnc(C)c1C. The third-order valence-electron chi connectivity index (χ3n) is 3.25. The normalized spacial score (nSPS) is 10.5. The molecule has 2 rings (SSSR count). The molecule has 19 heavy (non-hydrogen) atoms. The van der Waals surface area contributed by atoms with Crippen LogP contribution in [0.2, 0.25) is 0 Å². The lowest BCUT2D eigenvalue weighted by molar-refractivity contribution is 0.408. The zero-order valence-corrected chi connectivity index (χ0v) is 12.1. The number of methoxy groups -OCH3 is 1. The van der Waals surface area contributed by atoms with E-state index in [1.165, 1.54) is 0 Å². The lowest BCUT2D eigenvalue weighted by atomic mass is 10.1. The molecule has 5 heteroatoms. The van der Waals surface area contributed by atoms with Gasteiger partial charge < -0.3 is 15.0 Å². The number of aryl methyl sites for hydroxylation is 1. The zero-order chi connectivity index (χ0) is 14.0. The van der Waals surface area contributed by atoms with Gasteiger partial charge in [-0.05, 0) is 32.0 Å². The molecule has 100 valence electrons. The molecular weight excluding hydrogens is 258 g/mol. The van der Waals surface area contributed by atoms with Crippen molar-refractivity contribution in [2.75, 3.05) is 7.11 Å². The van der Waals surface area contributed by atoms with Crippen LogP contribution in [-0.2, 0) is 6.54 Å². The second-order valence-corrected chi connectivity index (χ2v) is 4.87. The number of ether oxygens (including phenoxy) is 1. The number of nitrogens with two attached hydrogens (primary N) is 1. The van der Waals surface area contributed by atoms with Crippen molar-refractivity contribution in [1.82, 2.24) is 9.55 Å². The number of thiocarbonyl (C=S) groups is 1. The van der Waals surface area contributed by atoms with Gasteiger partial charge in [0.15, 0.2) is 0 Å². The summed E-state index contributed by atoms with van der Waals surface area (Å²) in [6.45, 7) is 4.73. The average Bonchev–Trinajstić information content (AvgIpc) is 2.70. The van der Waals surface area contributed by atoms with E-state index in [-0.39, 0.29) is 0 Å². The fourth-order valence-corrected chi connectivity index (χ4v) is 2.07. The molecule has 2 N–H and O–H groups in total. The Morgan fingerprint density at radius 2 is 2.16 bits per heavy atom. The number of aromatic nitrogens is 2. The van der Waals surface area contributed by atoms with Crippen LogP contribution in [0.1, 0.15) is 22.5 Å². The summed E-state index contributed by atoms with van der Waals surface area (Å²) >= 11 is 5.01. The lowest BCUT2D eigenvalue weighted by Crippen LogP contribution is -2.11. The molecule has 0 saturated carbocycles. The molecule has 0 spiro atoms. The van der Waals surface area contributed by atoms with Gasteiger partial charge in [-0.25, -0.2) is 4.98 Å². The number of hydrogen-bond acceptors (Lipinski definition) is 3. The largest absolute Gasteiger partial charge is 0.496 e. The minimum Gasteiger partial charge on any atom is -0.496 e. The zero-order valence-electron chi connectivity index (χ0n) is 11.3. The molecule has 2 aromatic rings. The van der Waals surface area contributed by atoms with E-state index < -0.39 is 0 Å². The van der Waals surface area contributed by atoms with Crippen molar-refractivity contribution in [3.05, 3.63) is 47.0 Å². The van der Waals surface area contributed by atoms with Crippen LogP contribution in [0.25, 0.3) is 0 Å². The molecule has 0 saturated heterocycles. The predicted octanol–water partition coefficient (Wildman–Crippen LogP) is 2.19. The first-order chi connectivity index (χ1) is 9.02. The Balaban J connectivity index is 2.40. The number of hydrogen-bond donors (Lipinski definition) is 1. The third-order valence-corrected chi connectivity index (χ3v) is 3.49. The van der Waals surface area contributed by atoms with Crippen LogP contribution in [0, 0.1) is 13.8 Å². The fraction of sp³-hybridized carbons (Fsp3) is 0.286. The summed E-state index contributed by atoms with van der Waals surface area (Å²) in [5.74, 6) is 0.825. The third kappa shape index (κ3) is 2.76. The number of benzene rings is 1. The molecule has 1 aromatic heterocycles. The molecule has 0 atom stereocenters. The monoisotopic (exact) mass is 275 g/mol. The highest BCUT2D eigenvalue weighted by Gasteiger charge is 2.09. The highest BCUT2D eigenvalue weighted by molar-refractivity contribution is 7.80. The summed E-state index contributed by atoms with van der Waals surface area (Å²) in [5, 5.41) is 0. The number of nitrogens with zero attached hydrogens (tertiary/aromatic N) is 2. The minimum absolute atomic E-state index is 0.391. The van der Waals surface area contributed by atoms with E-state index in [9.17, 15) is 0 Å². The van der Waals surface area contributed by atoms with Crippen LogP contribution < -0.4 is 10.5 Å². The van der Waals surface area contributed by atoms with Gasteiger partial charge in [-0.3, -0.25) is 0 Å². The molecular formula is C14H17N3OS. The quantitative estimate of drug-likeness (QED) is 0.869. The van der Waals surface area contributed by atoms with E-state index in [4.69, 9.17) is 22.7 Å². The van der Waals surface area contributed by atoms with E-state index in [1.807, 2.05) is 38.4 Å². The van der Waals surface area contributed by atoms with Gasteiger partial charge in [-0.2, -0.15) is 0 Å². The van der Waals surface area contributed by atoms with Gasteiger partial charge in [0.25, 0.3) is 0 Å². The standard InChI is InChI=1S/C14H17N3OS/c1-9-10(2)17(8-16-9)7-12-6-11(14(15)19)4-5-13(12)18-3/h4-6,8H,7H2,1-3H3,(H2,15,19).